The van der Waals surface area contributed by atoms with Crippen LogP contribution in [0.2, 0.25) is 0 Å². The SMILES string of the molecule is C#CCOc1ccc(/C=C2\SC(=Nc3ccc(C(=O)O)cc3)N(C)C2=O)cc1I. The van der Waals surface area contributed by atoms with Gasteiger partial charge < -0.3 is 9.84 Å². The summed E-state index contributed by atoms with van der Waals surface area (Å²) in [6.07, 6.45) is 7.01. The first-order valence-electron chi connectivity index (χ1n) is 8.34. The molecule has 1 saturated heterocycles. The standard InChI is InChI=1S/C21H15IN2O4S/c1-3-10-28-17-9-4-13(11-16(17)22)12-18-19(25)24(2)21(29-18)23-15-7-5-14(6-8-15)20(26)27/h1,4-9,11-12H,10H2,2H3,(H,26,27)/b18-12-,23-21?. The molecule has 6 nitrogen and oxygen atoms in total. The molecule has 2 aromatic rings. The summed E-state index contributed by atoms with van der Waals surface area (Å²) in [5.74, 6) is 1.97. The van der Waals surface area contributed by atoms with Crippen LogP contribution in [-0.2, 0) is 4.79 Å². The van der Waals surface area contributed by atoms with Gasteiger partial charge in [0.05, 0.1) is 19.7 Å². The topological polar surface area (TPSA) is 79.2 Å². The first-order valence-corrected chi connectivity index (χ1v) is 10.2. The molecule has 146 valence electrons. The monoisotopic (exact) mass is 518 g/mol. The Kier molecular flexibility index (Phi) is 6.61. The number of carbonyl (C=O) groups is 2. The van der Waals surface area contributed by atoms with E-state index >= 15 is 0 Å². The summed E-state index contributed by atoms with van der Waals surface area (Å²) in [6.45, 7) is 0.197. The number of amides is 1. The van der Waals surface area contributed by atoms with E-state index in [4.69, 9.17) is 16.3 Å². The van der Waals surface area contributed by atoms with Gasteiger partial charge in [0.2, 0.25) is 0 Å². The maximum Gasteiger partial charge on any atom is 0.335 e. The molecule has 0 bridgehead atoms. The van der Waals surface area contributed by atoms with Crippen molar-refractivity contribution in [2.45, 2.75) is 0 Å². The van der Waals surface area contributed by atoms with Crippen molar-refractivity contribution >= 4 is 63.2 Å². The van der Waals surface area contributed by atoms with E-state index in [0.717, 1.165) is 9.13 Å². The molecule has 0 aromatic heterocycles. The number of carboxylic acids is 1. The molecule has 1 amide bonds. The van der Waals surface area contributed by atoms with E-state index in [-0.39, 0.29) is 18.1 Å². The van der Waals surface area contributed by atoms with Crippen molar-refractivity contribution in [3.63, 3.8) is 0 Å². The fraction of sp³-hybridized carbons (Fsp3) is 0.0952. The predicted molar refractivity (Wildman–Crippen MR) is 122 cm³/mol. The highest BCUT2D eigenvalue weighted by atomic mass is 127. The van der Waals surface area contributed by atoms with Gasteiger partial charge in [-0.2, -0.15) is 0 Å². The van der Waals surface area contributed by atoms with E-state index < -0.39 is 5.97 Å². The van der Waals surface area contributed by atoms with Gasteiger partial charge in [-0.3, -0.25) is 9.69 Å². The fourth-order valence-corrected chi connectivity index (χ4v) is 4.12. The number of thioether (sulfide) groups is 1. The molecule has 0 radical (unpaired) electrons. The molecule has 1 heterocycles. The van der Waals surface area contributed by atoms with Crippen LogP contribution >= 0.6 is 34.4 Å². The Bertz CT molecular complexity index is 1070. The lowest BCUT2D eigenvalue weighted by Gasteiger charge is -2.07. The highest BCUT2D eigenvalue weighted by molar-refractivity contribution is 14.1. The highest BCUT2D eigenvalue weighted by Gasteiger charge is 2.30. The minimum atomic E-state index is -0.998. The number of aromatic carboxylic acids is 1. The Hall–Kier alpha value is -2.77. The quantitative estimate of drug-likeness (QED) is 0.364. The van der Waals surface area contributed by atoms with E-state index in [1.54, 1.807) is 25.3 Å². The summed E-state index contributed by atoms with van der Waals surface area (Å²) in [5.41, 5.74) is 1.61. The van der Waals surface area contributed by atoms with Crippen molar-refractivity contribution in [3.8, 4) is 18.1 Å². The molecule has 0 unspecified atom stereocenters. The number of nitrogens with zero attached hydrogens (tertiary/aromatic N) is 2. The van der Waals surface area contributed by atoms with Crippen LogP contribution < -0.4 is 4.74 Å². The number of carboxylic acid groups (broad SMARTS) is 1. The molecule has 29 heavy (non-hydrogen) atoms. The number of carbonyl (C=O) groups excluding carboxylic acids is 1. The molecule has 0 aliphatic carbocycles. The zero-order valence-electron chi connectivity index (χ0n) is 15.3. The van der Waals surface area contributed by atoms with E-state index in [1.165, 1.54) is 28.8 Å². The average molecular weight is 518 g/mol. The van der Waals surface area contributed by atoms with Gasteiger partial charge in [-0.05, 0) is 82.4 Å². The minimum Gasteiger partial charge on any atom is -0.480 e. The van der Waals surface area contributed by atoms with Gasteiger partial charge in [0, 0.05) is 7.05 Å². The average Bonchev–Trinajstić information content (AvgIpc) is 2.95. The number of terminal acetylenes is 1. The fourth-order valence-electron chi connectivity index (χ4n) is 2.44. The summed E-state index contributed by atoms with van der Waals surface area (Å²) >= 11 is 3.42. The second-order valence-electron chi connectivity index (χ2n) is 5.90. The minimum absolute atomic E-state index is 0.154. The van der Waals surface area contributed by atoms with Crippen molar-refractivity contribution < 1.29 is 19.4 Å². The molecular formula is C21H15IN2O4S. The maximum atomic E-state index is 12.6. The van der Waals surface area contributed by atoms with Gasteiger partial charge in [0.25, 0.3) is 5.91 Å². The molecule has 1 aliphatic rings. The number of rotatable bonds is 5. The molecule has 3 rings (SSSR count). The van der Waals surface area contributed by atoms with E-state index in [2.05, 4.69) is 33.5 Å². The molecule has 1 fully saturated rings. The van der Waals surface area contributed by atoms with Crippen molar-refractivity contribution in [1.29, 1.82) is 0 Å². The summed E-state index contributed by atoms with van der Waals surface area (Å²) < 4.78 is 6.35. The summed E-state index contributed by atoms with van der Waals surface area (Å²) in [4.78, 5) is 30.0. The molecule has 0 atom stereocenters. The third kappa shape index (κ3) is 4.99. The number of ether oxygens (including phenoxy) is 1. The maximum absolute atomic E-state index is 12.6. The Morgan fingerprint density at radius 3 is 2.69 bits per heavy atom. The summed E-state index contributed by atoms with van der Waals surface area (Å²) in [5, 5.41) is 9.49. The van der Waals surface area contributed by atoms with Crippen LogP contribution in [0.5, 0.6) is 5.75 Å². The number of hydrogen-bond acceptors (Lipinski definition) is 5. The largest absolute Gasteiger partial charge is 0.480 e. The highest BCUT2D eigenvalue weighted by Crippen LogP contribution is 2.34. The number of halogens is 1. The van der Waals surface area contributed by atoms with Gasteiger partial charge >= 0.3 is 5.97 Å². The Morgan fingerprint density at radius 1 is 1.34 bits per heavy atom. The van der Waals surface area contributed by atoms with Crippen molar-refractivity contribution in [2.75, 3.05) is 13.7 Å². The Balaban J connectivity index is 1.82. The van der Waals surface area contributed by atoms with Crippen LogP contribution in [0.3, 0.4) is 0 Å². The van der Waals surface area contributed by atoms with Crippen molar-refractivity contribution in [1.82, 2.24) is 4.90 Å². The number of hydrogen-bond donors (Lipinski definition) is 1. The van der Waals surface area contributed by atoms with Crippen LogP contribution in [0, 0.1) is 15.9 Å². The number of benzene rings is 2. The van der Waals surface area contributed by atoms with Crippen LogP contribution in [0.25, 0.3) is 6.08 Å². The third-order valence-electron chi connectivity index (χ3n) is 3.91. The molecule has 1 aliphatic heterocycles. The smallest absolute Gasteiger partial charge is 0.335 e. The first kappa shape index (κ1) is 21.0. The van der Waals surface area contributed by atoms with E-state index in [9.17, 15) is 9.59 Å². The van der Waals surface area contributed by atoms with E-state index in [1.807, 2.05) is 18.2 Å². The normalized spacial score (nSPS) is 16.3. The molecular weight excluding hydrogens is 503 g/mol. The number of likely N-dealkylation sites (N-methyl/N-ethyl adjacent to an activating group) is 1. The molecule has 2 aromatic carbocycles. The second kappa shape index (κ2) is 9.15. The van der Waals surface area contributed by atoms with Crippen LogP contribution in [-0.4, -0.2) is 40.7 Å². The predicted octanol–water partition coefficient (Wildman–Crippen LogP) is 4.24. The zero-order chi connectivity index (χ0) is 21.0. The van der Waals surface area contributed by atoms with Crippen LogP contribution in [0.4, 0.5) is 5.69 Å². The van der Waals surface area contributed by atoms with Crippen LogP contribution in [0.15, 0.2) is 52.4 Å². The summed E-state index contributed by atoms with van der Waals surface area (Å²) in [7, 11) is 1.65. The molecule has 8 heteroatoms. The Labute approximate surface area is 185 Å². The van der Waals surface area contributed by atoms with Crippen molar-refractivity contribution in [3.05, 3.63) is 62.1 Å². The van der Waals surface area contributed by atoms with Gasteiger partial charge in [0.15, 0.2) is 5.17 Å². The van der Waals surface area contributed by atoms with Gasteiger partial charge in [-0.25, -0.2) is 9.79 Å². The third-order valence-corrected chi connectivity index (χ3v) is 5.81. The van der Waals surface area contributed by atoms with E-state index in [0.29, 0.717) is 21.5 Å². The second-order valence-corrected chi connectivity index (χ2v) is 8.08. The van der Waals surface area contributed by atoms with Gasteiger partial charge in [-0.15, -0.1) is 6.42 Å². The van der Waals surface area contributed by atoms with Gasteiger partial charge in [-0.1, -0.05) is 12.0 Å². The van der Waals surface area contributed by atoms with Gasteiger partial charge in [0.1, 0.15) is 12.4 Å². The lowest BCUT2D eigenvalue weighted by Crippen LogP contribution is -2.23. The number of amidine groups is 1. The van der Waals surface area contributed by atoms with Crippen LogP contribution in [0.1, 0.15) is 15.9 Å². The summed E-state index contributed by atoms with van der Waals surface area (Å²) in [6, 6.07) is 11.7. The molecule has 0 saturated carbocycles. The lowest BCUT2D eigenvalue weighted by molar-refractivity contribution is -0.121. The number of aliphatic imine (C=N–C) groups is 1. The zero-order valence-corrected chi connectivity index (χ0v) is 18.2. The Morgan fingerprint density at radius 2 is 2.07 bits per heavy atom. The lowest BCUT2D eigenvalue weighted by atomic mass is 10.2. The first-order chi connectivity index (χ1) is 13.9. The molecule has 1 N–H and O–H groups in total. The van der Waals surface area contributed by atoms with Crippen molar-refractivity contribution in [2.24, 2.45) is 4.99 Å². The molecule has 0 spiro atoms.